The van der Waals surface area contributed by atoms with E-state index in [0.717, 1.165) is 11.6 Å². The fourth-order valence-electron chi connectivity index (χ4n) is 1.68. The van der Waals surface area contributed by atoms with Crippen LogP contribution in [-0.4, -0.2) is 47.8 Å². The molecule has 0 saturated heterocycles. The van der Waals surface area contributed by atoms with Crippen LogP contribution in [-0.2, 0) is 6.54 Å². The summed E-state index contributed by atoms with van der Waals surface area (Å²) in [6, 6.07) is 0. The first kappa shape index (κ1) is 13.6. The lowest BCUT2D eigenvalue weighted by Crippen LogP contribution is -2.45. The Morgan fingerprint density at radius 3 is 2.75 bits per heavy atom. The van der Waals surface area contributed by atoms with Crippen LogP contribution in [0, 0.1) is 6.92 Å². The molecular formula is C11H21N3OS. The Bertz CT molecular complexity index is 323. The molecule has 0 bridgehead atoms. The van der Waals surface area contributed by atoms with Crippen molar-refractivity contribution in [3.8, 4) is 0 Å². The number of likely N-dealkylation sites (N-methyl/N-ethyl adjacent to an activating group) is 1. The van der Waals surface area contributed by atoms with Crippen molar-refractivity contribution >= 4 is 11.3 Å². The molecule has 0 amide bonds. The average Bonchev–Trinajstić information content (AvgIpc) is 2.48. The van der Waals surface area contributed by atoms with Gasteiger partial charge in [-0.15, -0.1) is 11.3 Å². The first-order valence-electron chi connectivity index (χ1n) is 5.38. The maximum atomic E-state index is 10.1. The molecule has 0 aliphatic rings. The molecule has 4 nitrogen and oxygen atoms in total. The standard InChI is InChI=1S/C11H21N3OS/c1-9-13-6-10(16-9)5-12-7-11(2,15)8-14(3)4/h6,12,15H,5,7-8H2,1-4H3. The van der Waals surface area contributed by atoms with Crippen molar-refractivity contribution < 1.29 is 5.11 Å². The molecule has 0 radical (unpaired) electrons. The first-order valence-corrected chi connectivity index (χ1v) is 6.20. The fourth-order valence-corrected chi connectivity index (χ4v) is 2.44. The molecule has 1 heterocycles. The molecule has 1 aromatic rings. The molecule has 0 aliphatic heterocycles. The fraction of sp³-hybridized carbons (Fsp3) is 0.727. The summed E-state index contributed by atoms with van der Waals surface area (Å²) in [5.41, 5.74) is -0.691. The second-order valence-corrected chi connectivity index (χ2v) is 6.00. The average molecular weight is 243 g/mol. The van der Waals surface area contributed by atoms with E-state index in [-0.39, 0.29) is 0 Å². The van der Waals surface area contributed by atoms with Crippen LogP contribution in [0.25, 0.3) is 0 Å². The van der Waals surface area contributed by atoms with Crippen LogP contribution >= 0.6 is 11.3 Å². The van der Waals surface area contributed by atoms with Gasteiger partial charge in [-0.3, -0.25) is 0 Å². The van der Waals surface area contributed by atoms with Gasteiger partial charge in [-0.2, -0.15) is 0 Å². The van der Waals surface area contributed by atoms with E-state index in [1.165, 1.54) is 4.88 Å². The summed E-state index contributed by atoms with van der Waals surface area (Å²) in [6.45, 7) is 5.85. The van der Waals surface area contributed by atoms with E-state index in [2.05, 4.69) is 10.3 Å². The van der Waals surface area contributed by atoms with Crippen molar-refractivity contribution in [2.45, 2.75) is 26.0 Å². The Morgan fingerprint density at radius 2 is 2.25 bits per heavy atom. The van der Waals surface area contributed by atoms with Crippen LogP contribution in [0.3, 0.4) is 0 Å². The third kappa shape index (κ3) is 5.03. The van der Waals surface area contributed by atoms with Gasteiger partial charge in [0.25, 0.3) is 0 Å². The van der Waals surface area contributed by atoms with E-state index >= 15 is 0 Å². The molecule has 16 heavy (non-hydrogen) atoms. The van der Waals surface area contributed by atoms with Gasteiger partial charge in [0.2, 0.25) is 0 Å². The van der Waals surface area contributed by atoms with E-state index in [4.69, 9.17) is 0 Å². The molecule has 5 heteroatoms. The summed E-state index contributed by atoms with van der Waals surface area (Å²) in [5.74, 6) is 0. The number of hydrogen-bond acceptors (Lipinski definition) is 5. The Morgan fingerprint density at radius 1 is 1.56 bits per heavy atom. The minimum absolute atomic E-state index is 0.585. The number of aliphatic hydroxyl groups is 1. The molecule has 1 rings (SSSR count). The highest BCUT2D eigenvalue weighted by Gasteiger charge is 2.20. The molecule has 2 N–H and O–H groups in total. The van der Waals surface area contributed by atoms with E-state index in [9.17, 15) is 5.11 Å². The van der Waals surface area contributed by atoms with Crippen LogP contribution in [0.2, 0.25) is 0 Å². The highest BCUT2D eigenvalue weighted by Crippen LogP contribution is 2.11. The van der Waals surface area contributed by atoms with E-state index < -0.39 is 5.60 Å². The maximum absolute atomic E-state index is 10.1. The zero-order chi connectivity index (χ0) is 12.2. The molecule has 1 unspecified atom stereocenters. The second kappa shape index (κ2) is 5.72. The zero-order valence-electron chi connectivity index (χ0n) is 10.4. The molecule has 1 aromatic heterocycles. The van der Waals surface area contributed by atoms with Crippen molar-refractivity contribution in [1.29, 1.82) is 0 Å². The van der Waals surface area contributed by atoms with Crippen LogP contribution in [0.5, 0.6) is 0 Å². The lowest BCUT2D eigenvalue weighted by Gasteiger charge is -2.27. The minimum Gasteiger partial charge on any atom is -0.388 e. The smallest absolute Gasteiger partial charge is 0.0897 e. The van der Waals surface area contributed by atoms with Gasteiger partial charge in [0.15, 0.2) is 0 Å². The van der Waals surface area contributed by atoms with Crippen LogP contribution in [0.1, 0.15) is 16.8 Å². The van der Waals surface area contributed by atoms with Crippen molar-refractivity contribution in [2.24, 2.45) is 0 Å². The molecular weight excluding hydrogens is 222 g/mol. The number of nitrogens with one attached hydrogen (secondary N) is 1. The third-order valence-corrected chi connectivity index (χ3v) is 3.04. The first-order chi connectivity index (χ1) is 7.39. The molecule has 0 fully saturated rings. The van der Waals surface area contributed by atoms with Gasteiger partial charge in [-0.25, -0.2) is 4.98 Å². The number of aryl methyl sites for hydroxylation is 1. The van der Waals surface area contributed by atoms with Crippen molar-refractivity contribution in [3.63, 3.8) is 0 Å². The van der Waals surface area contributed by atoms with Gasteiger partial charge >= 0.3 is 0 Å². The number of thiazole rings is 1. The van der Waals surface area contributed by atoms with E-state index in [1.807, 2.05) is 39.0 Å². The predicted octanol–water partition coefficient (Wildman–Crippen LogP) is 0.854. The van der Waals surface area contributed by atoms with Gasteiger partial charge in [-0.1, -0.05) is 0 Å². The molecule has 0 aliphatic carbocycles. The normalized spacial score (nSPS) is 15.4. The highest BCUT2D eigenvalue weighted by molar-refractivity contribution is 7.11. The van der Waals surface area contributed by atoms with E-state index in [1.54, 1.807) is 11.3 Å². The van der Waals surface area contributed by atoms with Gasteiger partial charge < -0.3 is 15.3 Å². The van der Waals surface area contributed by atoms with E-state index in [0.29, 0.717) is 13.1 Å². The van der Waals surface area contributed by atoms with Gasteiger partial charge in [0.05, 0.1) is 10.6 Å². The monoisotopic (exact) mass is 243 g/mol. The summed E-state index contributed by atoms with van der Waals surface area (Å²) in [7, 11) is 3.92. The Balaban J connectivity index is 2.29. The molecule has 92 valence electrons. The molecule has 1 atom stereocenters. The van der Waals surface area contributed by atoms with Gasteiger partial charge in [-0.05, 0) is 27.9 Å². The Labute approximate surface area is 101 Å². The summed E-state index contributed by atoms with van der Waals surface area (Å²) in [5, 5.41) is 14.4. The third-order valence-electron chi connectivity index (χ3n) is 2.13. The van der Waals surface area contributed by atoms with Crippen LogP contribution in [0.15, 0.2) is 6.20 Å². The van der Waals surface area contributed by atoms with Crippen molar-refractivity contribution in [2.75, 3.05) is 27.2 Å². The predicted molar refractivity (Wildman–Crippen MR) is 67.7 cm³/mol. The number of aromatic nitrogens is 1. The summed E-state index contributed by atoms with van der Waals surface area (Å²) >= 11 is 1.69. The number of hydrogen-bond donors (Lipinski definition) is 2. The van der Waals surface area contributed by atoms with Crippen molar-refractivity contribution in [1.82, 2.24) is 15.2 Å². The van der Waals surface area contributed by atoms with Crippen LogP contribution < -0.4 is 5.32 Å². The maximum Gasteiger partial charge on any atom is 0.0897 e. The lowest BCUT2D eigenvalue weighted by atomic mass is 10.1. The van der Waals surface area contributed by atoms with Crippen molar-refractivity contribution in [3.05, 3.63) is 16.1 Å². The summed E-state index contributed by atoms with van der Waals surface area (Å²) in [6.07, 6.45) is 1.88. The summed E-state index contributed by atoms with van der Waals surface area (Å²) < 4.78 is 0. The zero-order valence-corrected chi connectivity index (χ0v) is 11.3. The SMILES string of the molecule is Cc1ncc(CNCC(C)(O)CN(C)C)s1. The molecule has 0 spiro atoms. The Hall–Kier alpha value is -0.490. The Kier molecular flexibility index (Phi) is 4.86. The number of nitrogens with zero attached hydrogens (tertiary/aromatic N) is 2. The van der Waals surface area contributed by atoms with Gasteiger partial charge in [0, 0.05) is 30.7 Å². The van der Waals surface area contributed by atoms with Gasteiger partial charge in [0.1, 0.15) is 0 Å². The highest BCUT2D eigenvalue weighted by atomic mass is 32.1. The quantitative estimate of drug-likeness (QED) is 0.778. The lowest BCUT2D eigenvalue weighted by molar-refractivity contribution is 0.0336. The largest absolute Gasteiger partial charge is 0.388 e. The van der Waals surface area contributed by atoms with Crippen LogP contribution in [0.4, 0.5) is 0 Å². The molecule has 0 saturated carbocycles. The second-order valence-electron chi connectivity index (χ2n) is 4.68. The topological polar surface area (TPSA) is 48.4 Å². The number of rotatable bonds is 6. The minimum atomic E-state index is -0.691. The summed E-state index contributed by atoms with van der Waals surface area (Å²) in [4.78, 5) is 7.38. The molecule has 0 aromatic carbocycles.